The second kappa shape index (κ2) is 6.70. The van der Waals surface area contributed by atoms with Crippen LogP contribution in [0.15, 0.2) is 18.3 Å². The van der Waals surface area contributed by atoms with E-state index in [4.69, 9.17) is 4.74 Å². The summed E-state index contributed by atoms with van der Waals surface area (Å²) in [6.07, 6.45) is 4.10. The van der Waals surface area contributed by atoms with Crippen molar-refractivity contribution in [2.45, 2.75) is 12.8 Å². The van der Waals surface area contributed by atoms with Crippen LogP contribution in [-0.4, -0.2) is 56.7 Å². The Hall–Kier alpha value is -1.62. The molecule has 2 rings (SSSR count). The van der Waals surface area contributed by atoms with Gasteiger partial charge in [-0.15, -0.1) is 0 Å². The number of nitrogens with zero attached hydrogens (tertiary/aromatic N) is 3. The van der Waals surface area contributed by atoms with Crippen molar-refractivity contribution < 1.29 is 9.53 Å². The van der Waals surface area contributed by atoms with E-state index in [1.807, 2.05) is 7.05 Å². The lowest BCUT2D eigenvalue weighted by Crippen LogP contribution is -2.36. The summed E-state index contributed by atoms with van der Waals surface area (Å²) >= 11 is 0. The second-order valence-corrected chi connectivity index (χ2v) is 5.52. The molecule has 2 heterocycles. The maximum absolute atomic E-state index is 11.5. The molecule has 0 spiro atoms. The Morgan fingerprint density at radius 2 is 2.20 bits per heavy atom. The monoisotopic (exact) mass is 277 g/mol. The number of hydrogen-bond donors (Lipinski definition) is 0. The number of pyridine rings is 1. The molecular formula is C15H23N3O2. The highest BCUT2D eigenvalue weighted by atomic mass is 16.5. The van der Waals surface area contributed by atoms with Crippen LogP contribution in [0.2, 0.25) is 0 Å². The summed E-state index contributed by atoms with van der Waals surface area (Å²) in [6, 6.07) is 3.47. The van der Waals surface area contributed by atoms with Crippen molar-refractivity contribution in [2.24, 2.45) is 5.92 Å². The van der Waals surface area contributed by atoms with Crippen LogP contribution in [0.1, 0.15) is 23.2 Å². The van der Waals surface area contributed by atoms with Crippen LogP contribution in [0, 0.1) is 5.92 Å². The van der Waals surface area contributed by atoms with Gasteiger partial charge in [-0.25, -0.2) is 9.78 Å². The quantitative estimate of drug-likeness (QED) is 0.783. The first kappa shape index (κ1) is 14.8. The average molecular weight is 277 g/mol. The molecule has 20 heavy (non-hydrogen) atoms. The molecule has 5 heteroatoms. The van der Waals surface area contributed by atoms with E-state index in [0.717, 1.165) is 25.5 Å². The molecule has 110 valence electrons. The summed E-state index contributed by atoms with van der Waals surface area (Å²) in [4.78, 5) is 20.4. The molecule has 1 saturated heterocycles. The number of piperidine rings is 1. The van der Waals surface area contributed by atoms with Gasteiger partial charge in [0.05, 0.1) is 12.7 Å². The lowest BCUT2D eigenvalue weighted by Gasteiger charge is -2.32. The minimum atomic E-state index is -0.318. The Kier molecular flexibility index (Phi) is 4.95. The molecule has 0 bridgehead atoms. The highest BCUT2D eigenvalue weighted by Crippen LogP contribution is 2.20. The van der Waals surface area contributed by atoms with Crippen molar-refractivity contribution in [1.29, 1.82) is 0 Å². The van der Waals surface area contributed by atoms with Gasteiger partial charge in [0, 0.05) is 19.8 Å². The summed E-state index contributed by atoms with van der Waals surface area (Å²) in [6.45, 7) is 3.30. The van der Waals surface area contributed by atoms with Crippen LogP contribution in [-0.2, 0) is 4.74 Å². The molecule has 5 nitrogen and oxygen atoms in total. The standard InChI is InChI=1S/C15H23N3O2/c1-17-8-5-12(6-9-17)11-18(2)14-10-13(4-7-16-14)15(19)20-3/h4,7,10,12H,5-6,8-9,11H2,1-3H3. The van der Waals surface area contributed by atoms with Gasteiger partial charge in [0.15, 0.2) is 0 Å². The maximum Gasteiger partial charge on any atom is 0.338 e. The van der Waals surface area contributed by atoms with Crippen LogP contribution < -0.4 is 4.90 Å². The Balaban J connectivity index is 1.98. The van der Waals surface area contributed by atoms with Crippen LogP contribution in [0.3, 0.4) is 0 Å². The van der Waals surface area contributed by atoms with E-state index in [1.54, 1.807) is 18.3 Å². The molecule has 0 atom stereocenters. The first-order valence-corrected chi connectivity index (χ1v) is 7.04. The number of likely N-dealkylation sites (tertiary alicyclic amines) is 1. The zero-order valence-corrected chi connectivity index (χ0v) is 12.5. The largest absolute Gasteiger partial charge is 0.465 e. The van der Waals surface area contributed by atoms with Gasteiger partial charge >= 0.3 is 5.97 Å². The molecule has 1 aliphatic heterocycles. The Morgan fingerprint density at radius 3 is 2.85 bits per heavy atom. The van der Waals surface area contributed by atoms with Crippen LogP contribution >= 0.6 is 0 Å². The van der Waals surface area contributed by atoms with Gasteiger partial charge in [-0.1, -0.05) is 0 Å². The van der Waals surface area contributed by atoms with Gasteiger partial charge in [-0.05, 0) is 51.0 Å². The number of anilines is 1. The molecule has 0 N–H and O–H groups in total. The van der Waals surface area contributed by atoms with E-state index in [9.17, 15) is 4.79 Å². The third-order valence-corrected chi connectivity index (χ3v) is 3.93. The highest BCUT2D eigenvalue weighted by molar-refractivity contribution is 5.90. The van der Waals surface area contributed by atoms with Crippen molar-refractivity contribution in [3.8, 4) is 0 Å². The molecule has 0 unspecified atom stereocenters. The van der Waals surface area contributed by atoms with Gasteiger partial charge in [0.25, 0.3) is 0 Å². The lowest BCUT2D eigenvalue weighted by molar-refractivity contribution is 0.0600. The van der Waals surface area contributed by atoms with E-state index < -0.39 is 0 Å². The number of carbonyl (C=O) groups excluding carboxylic acids is 1. The zero-order chi connectivity index (χ0) is 14.5. The highest BCUT2D eigenvalue weighted by Gasteiger charge is 2.19. The number of ether oxygens (including phenoxy) is 1. The number of carbonyl (C=O) groups is 1. The molecular weight excluding hydrogens is 254 g/mol. The van der Waals surface area contributed by atoms with Gasteiger partial charge in [-0.2, -0.15) is 0 Å². The maximum atomic E-state index is 11.5. The van der Waals surface area contributed by atoms with Gasteiger partial charge in [-0.3, -0.25) is 0 Å². The van der Waals surface area contributed by atoms with Crippen molar-refractivity contribution in [3.05, 3.63) is 23.9 Å². The first-order valence-electron chi connectivity index (χ1n) is 7.04. The van der Waals surface area contributed by atoms with Crippen LogP contribution in [0.4, 0.5) is 5.82 Å². The minimum absolute atomic E-state index is 0.318. The topological polar surface area (TPSA) is 45.7 Å². The van der Waals surface area contributed by atoms with E-state index >= 15 is 0 Å². The van der Waals surface area contributed by atoms with Crippen molar-refractivity contribution in [1.82, 2.24) is 9.88 Å². The van der Waals surface area contributed by atoms with Gasteiger partial charge < -0.3 is 14.5 Å². The van der Waals surface area contributed by atoms with Gasteiger partial charge in [0.1, 0.15) is 5.82 Å². The average Bonchev–Trinajstić information content (AvgIpc) is 2.49. The molecule has 0 aromatic carbocycles. The zero-order valence-electron chi connectivity index (χ0n) is 12.5. The van der Waals surface area contributed by atoms with Crippen molar-refractivity contribution in [3.63, 3.8) is 0 Å². The number of rotatable bonds is 4. The summed E-state index contributed by atoms with van der Waals surface area (Å²) in [5, 5.41) is 0. The minimum Gasteiger partial charge on any atom is -0.465 e. The first-order chi connectivity index (χ1) is 9.60. The Bertz CT molecular complexity index is 456. The fourth-order valence-corrected chi connectivity index (χ4v) is 2.60. The predicted octanol–water partition coefficient (Wildman–Crippen LogP) is 1.65. The molecule has 0 saturated carbocycles. The van der Waals surface area contributed by atoms with E-state index in [1.165, 1.54) is 20.0 Å². The molecule has 1 aromatic heterocycles. The van der Waals surface area contributed by atoms with Crippen LogP contribution in [0.5, 0.6) is 0 Å². The van der Waals surface area contributed by atoms with Crippen LogP contribution in [0.25, 0.3) is 0 Å². The molecule has 1 aliphatic rings. The number of hydrogen-bond acceptors (Lipinski definition) is 5. The summed E-state index contributed by atoms with van der Waals surface area (Å²) in [7, 11) is 5.59. The normalized spacial score (nSPS) is 16.9. The summed E-state index contributed by atoms with van der Waals surface area (Å²) in [5.74, 6) is 1.20. The van der Waals surface area contributed by atoms with Crippen molar-refractivity contribution >= 4 is 11.8 Å². The molecule has 0 aliphatic carbocycles. The number of methoxy groups -OCH3 is 1. The molecule has 1 fully saturated rings. The fourth-order valence-electron chi connectivity index (χ4n) is 2.60. The fraction of sp³-hybridized carbons (Fsp3) is 0.600. The number of aromatic nitrogens is 1. The summed E-state index contributed by atoms with van der Waals surface area (Å²) in [5.41, 5.74) is 0.549. The van der Waals surface area contributed by atoms with E-state index in [2.05, 4.69) is 21.8 Å². The third kappa shape index (κ3) is 3.70. The Morgan fingerprint density at radius 1 is 1.50 bits per heavy atom. The molecule has 1 aromatic rings. The van der Waals surface area contributed by atoms with Gasteiger partial charge in [0.2, 0.25) is 0 Å². The van der Waals surface area contributed by atoms with Crippen molar-refractivity contribution in [2.75, 3.05) is 45.7 Å². The van der Waals surface area contributed by atoms with E-state index in [-0.39, 0.29) is 5.97 Å². The smallest absolute Gasteiger partial charge is 0.338 e. The molecule has 0 radical (unpaired) electrons. The Labute approximate surface area is 120 Å². The second-order valence-electron chi connectivity index (χ2n) is 5.52. The summed E-state index contributed by atoms with van der Waals surface area (Å²) < 4.78 is 4.74. The number of esters is 1. The molecule has 0 amide bonds. The SMILES string of the molecule is COC(=O)c1ccnc(N(C)CC2CCN(C)CC2)c1. The predicted molar refractivity (Wildman–Crippen MR) is 79.1 cm³/mol. The lowest BCUT2D eigenvalue weighted by atomic mass is 9.97. The van der Waals surface area contributed by atoms with E-state index in [0.29, 0.717) is 11.5 Å². The third-order valence-electron chi connectivity index (χ3n) is 3.93.